The molecule has 0 atom stereocenters. The van der Waals surface area contributed by atoms with E-state index in [0.29, 0.717) is 4.88 Å². The van der Waals surface area contributed by atoms with Gasteiger partial charge in [0.1, 0.15) is 0 Å². The fourth-order valence-corrected chi connectivity index (χ4v) is 2.80. The molecule has 0 fully saturated rings. The summed E-state index contributed by atoms with van der Waals surface area (Å²) in [6.07, 6.45) is 0.220. The summed E-state index contributed by atoms with van der Waals surface area (Å²) in [5, 5.41) is 9.17. The molecule has 4 heteroatoms. The lowest BCUT2D eigenvalue weighted by molar-refractivity contribution is 0.108. The predicted molar refractivity (Wildman–Crippen MR) is 61.3 cm³/mol. The molecule has 0 saturated heterocycles. The lowest BCUT2D eigenvalue weighted by Gasteiger charge is -1.93. The maximum absolute atomic E-state index is 11.2. The standard InChI is InChI=1S/C11H6ClNOS/c12-11(14)10-8(5-6-13)7-3-1-2-4-9(7)15-10/h1-4H,5H2. The number of hydrogen-bond acceptors (Lipinski definition) is 3. The minimum Gasteiger partial charge on any atom is -0.275 e. The van der Waals surface area contributed by atoms with E-state index in [1.165, 1.54) is 11.3 Å². The van der Waals surface area contributed by atoms with Crippen LogP contribution >= 0.6 is 22.9 Å². The van der Waals surface area contributed by atoms with Gasteiger partial charge in [-0.3, -0.25) is 4.79 Å². The zero-order valence-electron chi connectivity index (χ0n) is 7.66. The molecule has 0 aliphatic carbocycles. The van der Waals surface area contributed by atoms with Gasteiger partial charge < -0.3 is 0 Å². The summed E-state index contributed by atoms with van der Waals surface area (Å²) < 4.78 is 0.992. The van der Waals surface area contributed by atoms with Gasteiger partial charge >= 0.3 is 0 Å². The van der Waals surface area contributed by atoms with Gasteiger partial charge in [-0.2, -0.15) is 5.26 Å². The van der Waals surface area contributed by atoms with E-state index in [-0.39, 0.29) is 6.42 Å². The van der Waals surface area contributed by atoms with Crippen molar-refractivity contribution in [3.63, 3.8) is 0 Å². The first-order chi connectivity index (χ1) is 7.24. The molecule has 0 radical (unpaired) electrons. The molecule has 0 N–H and O–H groups in total. The quantitative estimate of drug-likeness (QED) is 0.749. The molecule has 1 aromatic carbocycles. The third kappa shape index (κ3) is 1.74. The van der Waals surface area contributed by atoms with Gasteiger partial charge in [-0.15, -0.1) is 11.3 Å². The smallest absolute Gasteiger partial charge is 0.262 e. The summed E-state index contributed by atoms with van der Waals surface area (Å²) in [4.78, 5) is 11.7. The average molecular weight is 236 g/mol. The van der Waals surface area contributed by atoms with Crippen LogP contribution in [0.2, 0.25) is 0 Å². The minimum absolute atomic E-state index is 0.220. The third-order valence-corrected chi connectivity index (χ3v) is 3.65. The maximum atomic E-state index is 11.2. The molecular formula is C11H6ClNOS. The molecule has 0 unspecified atom stereocenters. The molecule has 0 amide bonds. The van der Waals surface area contributed by atoms with Gasteiger partial charge in [0.25, 0.3) is 5.24 Å². The molecule has 15 heavy (non-hydrogen) atoms. The Morgan fingerprint density at radius 2 is 2.20 bits per heavy atom. The first-order valence-corrected chi connectivity index (χ1v) is 5.50. The fraction of sp³-hybridized carbons (Fsp3) is 0.0909. The van der Waals surface area contributed by atoms with Crippen molar-refractivity contribution in [2.24, 2.45) is 0 Å². The largest absolute Gasteiger partial charge is 0.275 e. The highest BCUT2D eigenvalue weighted by molar-refractivity contribution is 7.22. The topological polar surface area (TPSA) is 40.9 Å². The fourth-order valence-electron chi connectivity index (χ4n) is 1.51. The van der Waals surface area contributed by atoms with E-state index in [2.05, 4.69) is 6.07 Å². The van der Waals surface area contributed by atoms with E-state index in [4.69, 9.17) is 16.9 Å². The summed E-state index contributed by atoms with van der Waals surface area (Å²) in [7, 11) is 0. The highest BCUT2D eigenvalue weighted by Crippen LogP contribution is 2.32. The Morgan fingerprint density at radius 3 is 2.87 bits per heavy atom. The zero-order chi connectivity index (χ0) is 10.8. The Hall–Kier alpha value is -1.37. The average Bonchev–Trinajstić information content (AvgIpc) is 2.58. The Balaban J connectivity index is 2.75. The van der Waals surface area contributed by atoms with Crippen LogP contribution in [0.1, 0.15) is 15.2 Å². The Bertz CT molecular complexity index is 567. The number of carbonyl (C=O) groups is 1. The van der Waals surface area contributed by atoms with E-state index in [0.717, 1.165) is 15.6 Å². The molecule has 2 rings (SSSR count). The normalized spacial score (nSPS) is 10.1. The van der Waals surface area contributed by atoms with Crippen molar-refractivity contribution in [2.45, 2.75) is 6.42 Å². The number of thiophene rings is 1. The molecule has 2 nitrogen and oxygen atoms in total. The van der Waals surface area contributed by atoms with E-state index < -0.39 is 5.24 Å². The molecule has 74 valence electrons. The van der Waals surface area contributed by atoms with Gasteiger partial charge in [-0.1, -0.05) is 18.2 Å². The van der Waals surface area contributed by atoms with Gasteiger partial charge in [0, 0.05) is 4.70 Å². The molecule has 1 aromatic heterocycles. The second-order valence-electron chi connectivity index (χ2n) is 3.01. The van der Waals surface area contributed by atoms with Gasteiger partial charge in [0.2, 0.25) is 0 Å². The first-order valence-electron chi connectivity index (χ1n) is 4.31. The van der Waals surface area contributed by atoms with E-state index in [9.17, 15) is 4.79 Å². The molecule has 0 aliphatic heterocycles. The molecule has 1 heterocycles. The van der Waals surface area contributed by atoms with Gasteiger partial charge in [0.05, 0.1) is 17.4 Å². The Kier molecular flexibility index (Phi) is 2.72. The monoisotopic (exact) mass is 235 g/mol. The van der Waals surface area contributed by atoms with Crippen LogP contribution in [0.15, 0.2) is 24.3 Å². The van der Waals surface area contributed by atoms with Crippen LogP contribution in [-0.2, 0) is 6.42 Å². The van der Waals surface area contributed by atoms with Crippen molar-refractivity contribution in [3.05, 3.63) is 34.7 Å². The molecule has 0 spiro atoms. The molecule has 0 saturated carbocycles. The lowest BCUT2D eigenvalue weighted by atomic mass is 10.1. The van der Waals surface area contributed by atoms with E-state index in [1.54, 1.807) is 0 Å². The zero-order valence-corrected chi connectivity index (χ0v) is 9.23. The summed E-state index contributed by atoms with van der Waals surface area (Å²) >= 11 is 6.82. The number of fused-ring (bicyclic) bond motifs is 1. The van der Waals surface area contributed by atoms with Crippen LogP contribution in [0.4, 0.5) is 0 Å². The van der Waals surface area contributed by atoms with Crippen LogP contribution in [0, 0.1) is 11.3 Å². The highest BCUT2D eigenvalue weighted by atomic mass is 35.5. The van der Waals surface area contributed by atoms with Crippen LogP contribution < -0.4 is 0 Å². The van der Waals surface area contributed by atoms with E-state index in [1.807, 2.05) is 24.3 Å². The van der Waals surface area contributed by atoms with Crippen molar-refractivity contribution in [2.75, 3.05) is 0 Å². The number of halogens is 1. The molecule has 0 bridgehead atoms. The van der Waals surface area contributed by atoms with Gasteiger partial charge in [-0.25, -0.2) is 0 Å². The minimum atomic E-state index is -0.485. The summed E-state index contributed by atoms with van der Waals surface area (Å²) in [5.74, 6) is 0. The van der Waals surface area contributed by atoms with Gasteiger partial charge in [0.15, 0.2) is 0 Å². The first kappa shape index (κ1) is 10.2. The van der Waals surface area contributed by atoms with Crippen LogP contribution in [0.25, 0.3) is 10.1 Å². The van der Waals surface area contributed by atoms with Gasteiger partial charge in [-0.05, 0) is 28.6 Å². The maximum Gasteiger partial charge on any atom is 0.262 e. The SMILES string of the molecule is N#CCc1c(C(=O)Cl)sc2ccccc12. The molecular weight excluding hydrogens is 230 g/mol. The van der Waals surface area contributed by atoms with Crippen LogP contribution in [0.5, 0.6) is 0 Å². The van der Waals surface area contributed by atoms with Crippen LogP contribution in [0.3, 0.4) is 0 Å². The van der Waals surface area contributed by atoms with Crippen molar-refractivity contribution in [3.8, 4) is 6.07 Å². The number of benzene rings is 1. The summed E-state index contributed by atoms with van der Waals surface area (Å²) in [6.45, 7) is 0. The molecule has 2 aromatic rings. The number of hydrogen-bond donors (Lipinski definition) is 0. The number of nitriles is 1. The number of rotatable bonds is 2. The lowest BCUT2D eigenvalue weighted by Crippen LogP contribution is -1.90. The number of carbonyl (C=O) groups excluding carboxylic acids is 1. The third-order valence-electron chi connectivity index (χ3n) is 2.13. The Labute approximate surface area is 95.7 Å². The van der Waals surface area contributed by atoms with Crippen molar-refractivity contribution < 1.29 is 4.79 Å². The van der Waals surface area contributed by atoms with E-state index >= 15 is 0 Å². The highest BCUT2D eigenvalue weighted by Gasteiger charge is 2.15. The Morgan fingerprint density at radius 1 is 1.47 bits per heavy atom. The molecule has 0 aliphatic rings. The van der Waals surface area contributed by atoms with Crippen molar-refractivity contribution >= 4 is 38.3 Å². The summed E-state index contributed by atoms with van der Waals surface area (Å²) in [6, 6.07) is 9.67. The number of nitrogens with zero attached hydrogens (tertiary/aromatic N) is 1. The predicted octanol–water partition coefficient (Wildman–Crippen LogP) is 3.35. The second-order valence-corrected chi connectivity index (χ2v) is 4.41. The van der Waals surface area contributed by atoms with Crippen molar-refractivity contribution in [1.29, 1.82) is 5.26 Å². The van der Waals surface area contributed by atoms with Crippen LogP contribution in [-0.4, -0.2) is 5.24 Å². The summed E-state index contributed by atoms with van der Waals surface area (Å²) in [5.41, 5.74) is 0.748. The second kappa shape index (κ2) is 4.01. The van der Waals surface area contributed by atoms with Crippen molar-refractivity contribution in [1.82, 2.24) is 0 Å².